The Morgan fingerprint density at radius 1 is 1.30 bits per heavy atom. The molecule has 0 aliphatic rings. The van der Waals surface area contributed by atoms with E-state index in [1.165, 1.54) is 0 Å². The summed E-state index contributed by atoms with van der Waals surface area (Å²) in [5.41, 5.74) is 2.24. The van der Waals surface area contributed by atoms with Crippen molar-refractivity contribution in [1.82, 2.24) is 10.3 Å². The molecule has 0 aliphatic heterocycles. The summed E-state index contributed by atoms with van der Waals surface area (Å²) < 4.78 is 5.92. The van der Waals surface area contributed by atoms with Crippen molar-refractivity contribution in [2.45, 2.75) is 53.2 Å². The van der Waals surface area contributed by atoms with Crippen molar-refractivity contribution in [2.75, 3.05) is 0 Å². The number of hydrogen-bond acceptors (Lipinski definition) is 4. The van der Waals surface area contributed by atoms with E-state index in [9.17, 15) is 4.79 Å². The lowest BCUT2D eigenvalue weighted by molar-refractivity contribution is -0.127. The molecule has 1 aromatic carbocycles. The van der Waals surface area contributed by atoms with Crippen LogP contribution in [0.3, 0.4) is 0 Å². The summed E-state index contributed by atoms with van der Waals surface area (Å²) in [6, 6.07) is 6.13. The van der Waals surface area contributed by atoms with Crippen molar-refractivity contribution in [2.24, 2.45) is 0 Å². The number of nitrogens with one attached hydrogen (secondary N) is 1. The largest absolute Gasteiger partial charge is 0.481 e. The summed E-state index contributed by atoms with van der Waals surface area (Å²) in [7, 11) is 0. The summed E-state index contributed by atoms with van der Waals surface area (Å²) in [6.07, 6.45) is 1.26. The molecule has 0 fully saturated rings. The van der Waals surface area contributed by atoms with Gasteiger partial charge in [0.25, 0.3) is 5.91 Å². The minimum atomic E-state index is -0.539. The van der Waals surface area contributed by atoms with Crippen LogP contribution in [0.1, 0.15) is 47.7 Å². The van der Waals surface area contributed by atoms with Crippen LogP contribution in [0.2, 0.25) is 0 Å². The Labute approximate surface area is 141 Å². The molecule has 0 aliphatic carbocycles. The van der Waals surface area contributed by atoms with Crippen LogP contribution >= 0.6 is 11.3 Å². The number of benzene rings is 1. The maximum atomic E-state index is 12.2. The zero-order chi connectivity index (χ0) is 17.0. The molecule has 0 bridgehead atoms. The lowest BCUT2D eigenvalue weighted by Gasteiger charge is -2.19. The molecule has 1 heterocycles. The van der Waals surface area contributed by atoms with Gasteiger partial charge in [0.15, 0.2) is 6.10 Å². The van der Waals surface area contributed by atoms with E-state index in [2.05, 4.69) is 36.3 Å². The average Bonchev–Trinajstić information content (AvgIpc) is 2.90. The molecule has 1 unspecified atom stereocenters. The molecule has 2 rings (SSSR count). The highest BCUT2D eigenvalue weighted by Crippen LogP contribution is 2.28. The van der Waals surface area contributed by atoms with Gasteiger partial charge in [0.2, 0.25) is 0 Å². The van der Waals surface area contributed by atoms with Crippen LogP contribution in [-0.2, 0) is 11.3 Å². The number of rotatable bonds is 6. The molecule has 1 N–H and O–H groups in total. The van der Waals surface area contributed by atoms with E-state index in [1.54, 1.807) is 24.5 Å². The number of thiazole rings is 1. The fraction of sp³-hybridized carbons (Fsp3) is 0.444. The molecule has 5 heteroatoms. The number of aryl methyl sites for hydroxylation is 2. The normalized spacial score (nSPS) is 12.3. The van der Waals surface area contributed by atoms with Crippen molar-refractivity contribution in [1.29, 1.82) is 0 Å². The van der Waals surface area contributed by atoms with Gasteiger partial charge in [-0.3, -0.25) is 4.79 Å². The van der Waals surface area contributed by atoms with Crippen molar-refractivity contribution >= 4 is 17.2 Å². The first-order valence-electron chi connectivity index (χ1n) is 7.83. The smallest absolute Gasteiger partial charge is 0.261 e. The van der Waals surface area contributed by atoms with Crippen LogP contribution in [0.4, 0.5) is 0 Å². The van der Waals surface area contributed by atoms with E-state index in [0.29, 0.717) is 12.5 Å². The minimum Gasteiger partial charge on any atom is -0.481 e. The Balaban J connectivity index is 1.99. The lowest BCUT2D eigenvalue weighted by atomic mass is 10.0. The second kappa shape index (κ2) is 7.59. The zero-order valence-corrected chi connectivity index (χ0v) is 15.2. The number of carbonyl (C=O) groups excluding carboxylic acids is 1. The molecule has 0 spiro atoms. The highest BCUT2D eigenvalue weighted by Gasteiger charge is 2.17. The van der Waals surface area contributed by atoms with Crippen molar-refractivity contribution in [3.05, 3.63) is 45.4 Å². The number of aromatic nitrogens is 1. The van der Waals surface area contributed by atoms with Crippen LogP contribution in [0.25, 0.3) is 0 Å². The van der Waals surface area contributed by atoms with Crippen LogP contribution in [0, 0.1) is 13.8 Å². The number of ether oxygens (including phenoxy) is 1. The maximum Gasteiger partial charge on any atom is 0.261 e. The molecular weight excluding hydrogens is 308 g/mol. The Morgan fingerprint density at radius 2 is 2.04 bits per heavy atom. The van der Waals surface area contributed by atoms with Crippen LogP contribution in [-0.4, -0.2) is 17.0 Å². The van der Waals surface area contributed by atoms with Gasteiger partial charge in [-0.15, -0.1) is 11.3 Å². The van der Waals surface area contributed by atoms with Gasteiger partial charge in [-0.2, -0.15) is 0 Å². The standard InChI is InChI=1S/C18H24N2O2S/c1-11(2)16-7-6-12(3)8-17(16)22-13(4)18(21)20-10-15-9-19-14(5)23-15/h6-9,11,13H,10H2,1-5H3,(H,20,21). The van der Waals surface area contributed by atoms with Gasteiger partial charge >= 0.3 is 0 Å². The van der Waals surface area contributed by atoms with E-state index < -0.39 is 6.10 Å². The summed E-state index contributed by atoms with van der Waals surface area (Å²) in [6.45, 7) is 10.5. The molecule has 2 aromatic rings. The first kappa shape index (κ1) is 17.5. The predicted molar refractivity (Wildman–Crippen MR) is 94.1 cm³/mol. The van der Waals surface area contributed by atoms with Crippen LogP contribution in [0.5, 0.6) is 5.75 Å². The maximum absolute atomic E-state index is 12.2. The first-order chi connectivity index (χ1) is 10.9. The molecule has 0 radical (unpaired) electrons. The topological polar surface area (TPSA) is 51.2 Å². The van der Waals surface area contributed by atoms with Crippen molar-refractivity contribution in [3.8, 4) is 5.75 Å². The van der Waals surface area contributed by atoms with E-state index >= 15 is 0 Å². The molecule has 1 aromatic heterocycles. The van der Waals surface area contributed by atoms with Gasteiger partial charge in [0, 0.05) is 11.1 Å². The number of carbonyl (C=O) groups is 1. The molecular formula is C18H24N2O2S. The minimum absolute atomic E-state index is 0.118. The monoisotopic (exact) mass is 332 g/mol. The second-order valence-electron chi connectivity index (χ2n) is 6.02. The fourth-order valence-electron chi connectivity index (χ4n) is 2.27. The summed E-state index contributed by atoms with van der Waals surface area (Å²) >= 11 is 1.59. The third-order valence-electron chi connectivity index (χ3n) is 3.57. The summed E-state index contributed by atoms with van der Waals surface area (Å²) in [5.74, 6) is 1.02. The fourth-order valence-corrected chi connectivity index (χ4v) is 3.00. The Hall–Kier alpha value is -1.88. The van der Waals surface area contributed by atoms with Crippen LogP contribution in [0.15, 0.2) is 24.4 Å². The Bertz CT molecular complexity index is 679. The van der Waals surface area contributed by atoms with Gasteiger partial charge in [-0.1, -0.05) is 26.0 Å². The molecule has 4 nitrogen and oxygen atoms in total. The van der Waals surface area contributed by atoms with E-state index in [-0.39, 0.29) is 5.91 Å². The van der Waals surface area contributed by atoms with Gasteiger partial charge in [0.1, 0.15) is 5.75 Å². The molecule has 0 saturated carbocycles. The van der Waals surface area contributed by atoms with E-state index in [1.807, 2.05) is 19.9 Å². The highest BCUT2D eigenvalue weighted by molar-refractivity contribution is 7.11. The van der Waals surface area contributed by atoms with Crippen molar-refractivity contribution < 1.29 is 9.53 Å². The summed E-state index contributed by atoms with van der Waals surface area (Å²) in [5, 5.41) is 3.90. The second-order valence-corrected chi connectivity index (χ2v) is 7.34. The van der Waals surface area contributed by atoms with E-state index in [4.69, 9.17) is 4.74 Å². The van der Waals surface area contributed by atoms with Crippen LogP contribution < -0.4 is 10.1 Å². The van der Waals surface area contributed by atoms with E-state index in [0.717, 1.165) is 26.8 Å². The number of hydrogen-bond donors (Lipinski definition) is 1. The van der Waals surface area contributed by atoms with Crippen molar-refractivity contribution in [3.63, 3.8) is 0 Å². The van der Waals surface area contributed by atoms with Gasteiger partial charge in [-0.25, -0.2) is 4.98 Å². The summed E-state index contributed by atoms with van der Waals surface area (Å²) in [4.78, 5) is 17.5. The van der Waals surface area contributed by atoms with Gasteiger partial charge in [0.05, 0.1) is 11.6 Å². The molecule has 1 atom stereocenters. The molecule has 23 heavy (non-hydrogen) atoms. The third-order valence-corrected chi connectivity index (χ3v) is 4.48. The zero-order valence-electron chi connectivity index (χ0n) is 14.3. The quantitative estimate of drug-likeness (QED) is 0.871. The molecule has 1 amide bonds. The Morgan fingerprint density at radius 3 is 2.65 bits per heavy atom. The Kier molecular flexibility index (Phi) is 5.77. The SMILES string of the molecule is Cc1ccc(C(C)C)c(OC(C)C(=O)NCc2cnc(C)s2)c1. The lowest BCUT2D eigenvalue weighted by Crippen LogP contribution is -2.36. The van der Waals surface area contributed by atoms with Gasteiger partial charge < -0.3 is 10.1 Å². The molecule has 0 saturated heterocycles. The number of nitrogens with zero attached hydrogens (tertiary/aromatic N) is 1. The highest BCUT2D eigenvalue weighted by atomic mass is 32.1. The molecule has 124 valence electrons. The third kappa shape index (κ3) is 4.79. The predicted octanol–water partition coefficient (Wildman–Crippen LogP) is 3.97. The number of amides is 1. The first-order valence-corrected chi connectivity index (χ1v) is 8.64. The van der Waals surface area contributed by atoms with Gasteiger partial charge in [-0.05, 0) is 43.9 Å². The average molecular weight is 332 g/mol.